The van der Waals surface area contributed by atoms with Gasteiger partial charge in [-0.2, -0.15) is 11.8 Å². The predicted molar refractivity (Wildman–Crippen MR) is 57.8 cm³/mol. The second kappa shape index (κ2) is 9.40. The normalized spacial score (nSPS) is 13.2. The van der Waals surface area contributed by atoms with Crippen molar-refractivity contribution in [2.75, 3.05) is 11.5 Å². The summed E-state index contributed by atoms with van der Waals surface area (Å²) >= 11 is 1.83. The lowest BCUT2D eigenvalue weighted by Crippen LogP contribution is -2.09. The van der Waals surface area contributed by atoms with E-state index in [0.29, 0.717) is 0 Å². The molecule has 1 nitrogen and oxygen atoms in total. The molecule has 0 rings (SSSR count). The fourth-order valence-corrected chi connectivity index (χ4v) is 1.82. The van der Waals surface area contributed by atoms with Gasteiger partial charge in [-0.3, -0.25) is 0 Å². The third-order valence-corrected chi connectivity index (χ3v) is 2.93. The standard InChI is InChI=1S/C10H22OS/c1-3-5-6-7-8-10(11)9-12-4-2/h10-11H,3-9H2,1-2H3. The van der Waals surface area contributed by atoms with Gasteiger partial charge in [0.1, 0.15) is 0 Å². The Morgan fingerprint density at radius 1 is 1.17 bits per heavy atom. The fraction of sp³-hybridized carbons (Fsp3) is 1.00. The molecule has 0 heterocycles. The highest BCUT2D eigenvalue weighted by Gasteiger charge is 2.02. The molecule has 74 valence electrons. The molecular weight excluding hydrogens is 168 g/mol. The summed E-state index contributed by atoms with van der Waals surface area (Å²) in [6, 6.07) is 0. The van der Waals surface area contributed by atoms with Crippen LogP contribution in [-0.2, 0) is 0 Å². The van der Waals surface area contributed by atoms with Gasteiger partial charge < -0.3 is 5.11 Å². The van der Waals surface area contributed by atoms with Gasteiger partial charge >= 0.3 is 0 Å². The molecule has 12 heavy (non-hydrogen) atoms. The van der Waals surface area contributed by atoms with Crippen LogP contribution < -0.4 is 0 Å². The Morgan fingerprint density at radius 3 is 2.50 bits per heavy atom. The minimum atomic E-state index is -0.0631. The molecule has 1 atom stereocenters. The van der Waals surface area contributed by atoms with Gasteiger partial charge in [0.05, 0.1) is 6.10 Å². The highest BCUT2D eigenvalue weighted by molar-refractivity contribution is 7.99. The summed E-state index contributed by atoms with van der Waals surface area (Å²) in [4.78, 5) is 0. The predicted octanol–water partition coefficient (Wildman–Crippen LogP) is 3.07. The molecule has 0 amide bonds. The second-order valence-electron chi connectivity index (χ2n) is 3.16. The summed E-state index contributed by atoms with van der Waals surface area (Å²) in [7, 11) is 0. The molecule has 0 aromatic heterocycles. The molecule has 0 fully saturated rings. The van der Waals surface area contributed by atoms with Crippen LogP contribution in [0.15, 0.2) is 0 Å². The van der Waals surface area contributed by atoms with Crippen LogP contribution in [0.4, 0.5) is 0 Å². The third-order valence-electron chi connectivity index (χ3n) is 1.91. The van der Waals surface area contributed by atoms with Crippen molar-refractivity contribution in [3.8, 4) is 0 Å². The highest BCUT2D eigenvalue weighted by atomic mass is 32.2. The minimum Gasteiger partial charge on any atom is -0.392 e. The maximum absolute atomic E-state index is 9.46. The van der Waals surface area contributed by atoms with Gasteiger partial charge in [-0.05, 0) is 12.2 Å². The van der Waals surface area contributed by atoms with Gasteiger partial charge in [0.15, 0.2) is 0 Å². The maximum atomic E-state index is 9.46. The van der Waals surface area contributed by atoms with Crippen LogP contribution in [-0.4, -0.2) is 22.7 Å². The third kappa shape index (κ3) is 8.41. The second-order valence-corrected chi connectivity index (χ2v) is 4.48. The van der Waals surface area contributed by atoms with Crippen LogP contribution in [0.3, 0.4) is 0 Å². The zero-order chi connectivity index (χ0) is 9.23. The minimum absolute atomic E-state index is 0.0631. The van der Waals surface area contributed by atoms with Crippen molar-refractivity contribution in [2.24, 2.45) is 0 Å². The van der Waals surface area contributed by atoms with Crippen molar-refractivity contribution < 1.29 is 5.11 Å². The molecule has 0 aromatic rings. The van der Waals surface area contributed by atoms with E-state index >= 15 is 0 Å². The number of unbranched alkanes of at least 4 members (excludes halogenated alkanes) is 3. The first-order valence-corrected chi connectivity index (χ1v) is 6.22. The van der Waals surface area contributed by atoms with Crippen LogP contribution in [0.5, 0.6) is 0 Å². The van der Waals surface area contributed by atoms with Crippen molar-refractivity contribution in [1.82, 2.24) is 0 Å². The molecule has 0 radical (unpaired) electrons. The number of thioether (sulfide) groups is 1. The number of hydrogen-bond acceptors (Lipinski definition) is 2. The molecule has 0 bridgehead atoms. The Balaban J connectivity index is 3.02. The summed E-state index contributed by atoms with van der Waals surface area (Å²) in [6.07, 6.45) is 6.00. The monoisotopic (exact) mass is 190 g/mol. The van der Waals surface area contributed by atoms with E-state index in [1.54, 1.807) is 0 Å². The van der Waals surface area contributed by atoms with E-state index in [4.69, 9.17) is 0 Å². The molecule has 0 saturated carbocycles. The first-order valence-electron chi connectivity index (χ1n) is 5.07. The number of hydrogen-bond donors (Lipinski definition) is 1. The molecule has 2 heteroatoms. The summed E-state index contributed by atoms with van der Waals surface area (Å²) in [5, 5.41) is 9.46. The van der Waals surface area contributed by atoms with Crippen LogP contribution in [0.2, 0.25) is 0 Å². The van der Waals surface area contributed by atoms with Crippen molar-refractivity contribution >= 4 is 11.8 Å². The van der Waals surface area contributed by atoms with Gasteiger partial charge in [-0.15, -0.1) is 0 Å². The molecule has 0 aliphatic carbocycles. The van der Waals surface area contributed by atoms with Gasteiger partial charge in [-0.1, -0.05) is 39.5 Å². The summed E-state index contributed by atoms with van der Waals surface area (Å²) < 4.78 is 0. The SMILES string of the molecule is CCCCCCC(O)CSCC. The fourth-order valence-electron chi connectivity index (χ4n) is 1.14. The Hall–Kier alpha value is 0.310. The summed E-state index contributed by atoms with van der Waals surface area (Å²) in [6.45, 7) is 4.35. The molecule has 1 unspecified atom stereocenters. The lowest BCUT2D eigenvalue weighted by atomic mass is 10.1. The summed E-state index contributed by atoms with van der Waals surface area (Å²) in [5.41, 5.74) is 0. The van der Waals surface area contributed by atoms with E-state index in [1.165, 1.54) is 25.7 Å². The molecule has 0 saturated heterocycles. The largest absolute Gasteiger partial charge is 0.392 e. The zero-order valence-corrected chi connectivity index (χ0v) is 9.20. The van der Waals surface area contributed by atoms with E-state index in [0.717, 1.165) is 17.9 Å². The summed E-state index contributed by atoms with van der Waals surface area (Å²) in [5.74, 6) is 2.04. The van der Waals surface area contributed by atoms with E-state index in [-0.39, 0.29) is 6.10 Å². The van der Waals surface area contributed by atoms with Crippen LogP contribution >= 0.6 is 11.8 Å². The Labute approximate surface area is 80.9 Å². The topological polar surface area (TPSA) is 20.2 Å². The molecule has 1 N–H and O–H groups in total. The van der Waals surface area contributed by atoms with Gasteiger partial charge in [0.2, 0.25) is 0 Å². The van der Waals surface area contributed by atoms with Crippen molar-refractivity contribution in [3.63, 3.8) is 0 Å². The highest BCUT2D eigenvalue weighted by Crippen LogP contribution is 2.09. The molecular formula is C10H22OS. The van der Waals surface area contributed by atoms with Crippen LogP contribution in [0, 0.1) is 0 Å². The van der Waals surface area contributed by atoms with E-state index in [1.807, 2.05) is 11.8 Å². The van der Waals surface area contributed by atoms with Crippen molar-refractivity contribution in [3.05, 3.63) is 0 Å². The molecule has 0 spiro atoms. The van der Waals surface area contributed by atoms with Crippen molar-refractivity contribution in [2.45, 2.75) is 52.1 Å². The first-order chi connectivity index (χ1) is 5.81. The van der Waals surface area contributed by atoms with Crippen LogP contribution in [0.25, 0.3) is 0 Å². The lowest BCUT2D eigenvalue weighted by molar-refractivity contribution is 0.185. The van der Waals surface area contributed by atoms with E-state index in [9.17, 15) is 5.11 Å². The van der Waals surface area contributed by atoms with Gasteiger partial charge in [0, 0.05) is 5.75 Å². The van der Waals surface area contributed by atoms with E-state index < -0.39 is 0 Å². The molecule has 0 aliphatic rings. The lowest BCUT2D eigenvalue weighted by Gasteiger charge is -2.08. The van der Waals surface area contributed by atoms with Crippen molar-refractivity contribution in [1.29, 1.82) is 0 Å². The smallest absolute Gasteiger partial charge is 0.0630 e. The average Bonchev–Trinajstić information content (AvgIpc) is 2.09. The Kier molecular flexibility index (Phi) is 9.64. The first kappa shape index (κ1) is 12.3. The van der Waals surface area contributed by atoms with Gasteiger partial charge in [-0.25, -0.2) is 0 Å². The Morgan fingerprint density at radius 2 is 1.92 bits per heavy atom. The number of rotatable bonds is 8. The quantitative estimate of drug-likeness (QED) is 0.594. The molecule has 0 aromatic carbocycles. The van der Waals surface area contributed by atoms with Crippen LogP contribution in [0.1, 0.15) is 46.0 Å². The number of aliphatic hydroxyl groups excluding tert-OH is 1. The zero-order valence-electron chi connectivity index (χ0n) is 8.38. The molecule has 0 aliphatic heterocycles. The van der Waals surface area contributed by atoms with E-state index in [2.05, 4.69) is 13.8 Å². The van der Waals surface area contributed by atoms with Gasteiger partial charge in [0.25, 0.3) is 0 Å². The number of aliphatic hydroxyl groups is 1. The maximum Gasteiger partial charge on any atom is 0.0630 e. The Bertz CT molecular complexity index is 85.9. The average molecular weight is 190 g/mol.